The van der Waals surface area contributed by atoms with Crippen molar-refractivity contribution in [3.8, 4) is 0 Å². The highest BCUT2D eigenvalue weighted by Gasteiger charge is 2.26. The predicted octanol–water partition coefficient (Wildman–Crippen LogP) is 2.89. The van der Waals surface area contributed by atoms with Gasteiger partial charge in [-0.2, -0.15) is 0 Å². The molecule has 1 N–H and O–H groups in total. The van der Waals surface area contributed by atoms with E-state index in [9.17, 15) is 0 Å². The van der Waals surface area contributed by atoms with Crippen molar-refractivity contribution in [3.63, 3.8) is 0 Å². The topological polar surface area (TPSA) is 15.3 Å². The van der Waals surface area contributed by atoms with Gasteiger partial charge in [0, 0.05) is 12.6 Å². The van der Waals surface area contributed by atoms with Gasteiger partial charge in [0.05, 0.1) is 0 Å². The Labute approximate surface area is 107 Å². The SMILES string of the molecule is CCCNC1CCN(CCC2CCC2)CC1C. The Bertz CT molecular complexity index is 213. The zero-order chi connectivity index (χ0) is 12.1. The van der Waals surface area contributed by atoms with Gasteiger partial charge in [-0.3, -0.25) is 0 Å². The molecule has 0 aromatic heterocycles. The fraction of sp³-hybridized carbons (Fsp3) is 1.00. The van der Waals surface area contributed by atoms with E-state index in [1.807, 2.05) is 0 Å². The molecule has 1 heterocycles. The Balaban J connectivity index is 1.63. The van der Waals surface area contributed by atoms with Crippen LogP contribution in [0.25, 0.3) is 0 Å². The molecule has 2 unspecified atom stereocenters. The van der Waals surface area contributed by atoms with Gasteiger partial charge in [0.15, 0.2) is 0 Å². The first kappa shape index (κ1) is 13.4. The third kappa shape index (κ3) is 3.96. The Morgan fingerprint density at radius 1 is 1.24 bits per heavy atom. The fourth-order valence-corrected chi connectivity index (χ4v) is 3.21. The van der Waals surface area contributed by atoms with E-state index < -0.39 is 0 Å². The lowest BCUT2D eigenvalue weighted by molar-refractivity contribution is 0.131. The average Bonchev–Trinajstić information content (AvgIpc) is 2.26. The van der Waals surface area contributed by atoms with Crippen LogP contribution in [-0.2, 0) is 0 Å². The molecule has 0 bridgehead atoms. The molecule has 2 fully saturated rings. The van der Waals surface area contributed by atoms with Gasteiger partial charge in [-0.1, -0.05) is 33.1 Å². The molecule has 0 radical (unpaired) electrons. The van der Waals surface area contributed by atoms with Crippen LogP contribution in [0.15, 0.2) is 0 Å². The van der Waals surface area contributed by atoms with Crippen molar-refractivity contribution >= 4 is 0 Å². The van der Waals surface area contributed by atoms with Crippen molar-refractivity contribution in [2.75, 3.05) is 26.2 Å². The Morgan fingerprint density at radius 3 is 2.65 bits per heavy atom. The maximum Gasteiger partial charge on any atom is 0.0117 e. The second kappa shape index (κ2) is 6.75. The van der Waals surface area contributed by atoms with Crippen LogP contribution in [0.5, 0.6) is 0 Å². The number of piperidine rings is 1. The van der Waals surface area contributed by atoms with Crippen LogP contribution in [0.4, 0.5) is 0 Å². The summed E-state index contributed by atoms with van der Waals surface area (Å²) >= 11 is 0. The molecule has 1 saturated carbocycles. The van der Waals surface area contributed by atoms with Crippen molar-refractivity contribution in [2.24, 2.45) is 11.8 Å². The summed E-state index contributed by atoms with van der Waals surface area (Å²) in [6, 6.07) is 0.773. The van der Waals surface area contributed by atoms with Crippen LogP contribution in [-0.4, -0.2) is 37.1 Å². The van der Waals surface area contributed by atoms with Gasteiger partial charge in [-0.25, -0.2) is 0 Å². The van der Waals surface area contributed by atoms with Crippen molar-refractivity contribution < 1.29 is 0 Å². The van der Waals surface area contributed by atoms with E-state index in [1.165, 1.54) is 64.7 Å². The number of rotatable bonds is 6. The monoisotopic (exact) mass is 238 g/mol. The highest BCUT2D eigenvalue weighted by atomic mass is 15.1. The maximum atomic E-state index is 3.70. The number of hydrogen-bond acceptors (Lipinski definition) is 2. The zero-order valence-electron chi connectivity index (χ0n) is 11.8. The van der Waals surface area contributed by atoms with E-state index >= 15 is 0 Å². The summed E-state index contributed by atoms with van der Waals surface area (Å²) in [5.74, 6) is 1.90. The summed E-state index contributed by atoms with van der Waals surface area (Å²) in [7, 11) is 0. The van der Waals surface area contributed by atoms with E-state index in [4.69, 9.17) is 0 Å². The molecule has 2 nitrogen and oxygen atoms in total. The summed E-state index contributed by atoms with van der Waals surface area (Å²) in [4.78, 5) is 2.70. The minimum Gasteiger partial charge on any atom is -0.314 e. The minimum absolute atomic E-state index is 0.773. The molecule has 0 aromatic rings. The molecule has 1 aliphatic carbocycles. The van der Waals surface area contributed by atoms with E-state index in [2.05, 4.69) is 24.1 Å². The average molecular weight is 238 g/mol. The summed E-state index contributed by atoms with van der Waals surface area (Å²) < 4.78 is 0. The van der Waals surface area contributed by atoms with Crippen molar-refractivity contribution in [1.82, 2.24) is 10.2 Å². The lowest BCUT2D eigenvalue weighted by atomic mass is 9.82. The van der Waals surface area contributed by atoms with E-state index in [1.54, 1.807) is 0 Å². The molecule has 1 aliphatic heterocycles. The van der Waals surface area contributed by atoms with Gasteiger partial charge in [0.25, 0.3) is 0 Å². The first-order valence-electron chi connectivity index (χ1n) is 7.75. The zero-order valence-corrected chi connectivity index (χ0v) is 11.8. The fourth-order valence-electron chi connectivity index (χ4n) is 3.21. The molecular formula is C15H30N2. The molecule has 1 saturated heterocycles. The first-order valence-corrected chi connectivity index (χ1v) is 7.75. The van der Waals surface area contributed by atoms with Crippen LogP contribution >= 0.6 is 0 Å². The number of hydrogen-bond donors (Lipinski definition) is 1. The first-order chi connectivity index (χ1) is 8.29. The number of nitrogens with one attached hydrogen (secondary N) is 1. The highest BCUT2D eigenvalue weighted by molar-refractivity contribution is 4.83. The predicted molar refractivity (Wildman–Crippen MR) is 74.3 cm³/mol. The lowest BCUT2D eigenvalue weighted by Crippen LogP contribution is -2.48. The molecule has 2 atom stereocenters. The highest BCUT2D eigenvalue weighted by Crippen LogP contribution is 2.30. The standard InChI is InChI=1S/C15H30N2/c1-3-9-16-15-8-11-17(12-13(15)2)10-7-14-5-4-6-14/h13-16H,3-12H2,1-2H3. The Hall–Kier alpha value is -0.0800. The van der Waals surface area contributed by atoms with Crippen LogP contribution in [0, 0.1) is 11.8 Å². The molecule has 17 heavy (non-hydrogen) atoms. The van der Waals surface area contributed by atoms with E-state index in [0.717, 1.165) is 17.9 Å². The van der Waals surface area contributed by atoms with Crippen molar-refractivity contribution in [2.45, 2.75) is 58.4 Å². The molecular weight excluding hydrogens is 208 g/mol. The third-order valence-corrected chi connectivity index (χ3v) is 4.72. The lowest BCUT2D eigenvalue weighted by Gasteiger charge is -2.38. The summed E-state index contributed by atoms with van der Waals surface area (Å²) in [5, 5.41) is 3.70. The third-order valence-electron chi connectivity index (χ3n) is 4.72. The molecule has 2 aliphatic rings. The van der Waals surface area contributed by atoms with Gasteiger partial charge < -0.3 is 10.2 Å². The van der Waals surface area contributed by atoms with Crippen LogP contribution in [0.3, 0.4) is 0 Å². The van der Waals surface area contributed by atoms with Gasteiger partial charge >= 0.3 is 0 Å². The summed E-state index contributed by atoms with van der Waals surface area (Å²) in [6.07, 6.45) is 8.57. The molecule has 2 rings (SSSR count). The molecule has 2 heteroatoms. The summed E-state index contributed by atoms with van der Waals surface area (Å²) in [5.41, 5.74) is 0. The van der Waals surface area contributed by atoms with Crippen LogP contribution < -0.4 is 5.32 Å². The second-order valence-corrected chi connectivity index (χ2v) is 6.21. The smallest absolute Gasteiger partial charge is 0.0117 e. The van der Waals surface area contributed by atoms with Gasteiger partial charge in [-0.05, 0) is 50.7 Å². The molecule has 0 amide bonds. The molecule has 100 valence electrons. The van der Waals surface area contributed by atoms with Crippen LogP contribution in [0.1, 0.15) is 52.4 Å². The summed E-state index contributed by atoms with van der Waals surface area (Å²) in [6.45, 7) is 9.85. The normalized spacial score (nSPS) is 31.4. The van der Waals surface area contributed by atoms with Gasteiger partial charge in [-0.15, -0.1) is 0 Å². The van der Waals surface area contributed by atoms with Crippen molar-refractivity contribution in [1.29, 1.82) is 0 Å². The molecule has 0 spiro atoms. The van der Waals surface area contributed by atoms with E-state index in [-0.39, 0.29) is 0 Å². The second-order valence-electron chi connectivity index (χ2n) is 6.21. The maximum absolute atomic E-state index is 3.70. The number of nitrogens with zero attached hydrogens (tertiary/aromatic N) is 1. The largest absolute Gasteiger partial charge is 0.314 e. The quantitative estimate of drug-likeness (QED) is 0.765. The van der Waals surface area contributed by atoms with Gasteiger partial charge in [0.2, 0.25) is 0 Å². The van der Waals surface area contributed by atoms with E-state index in [0.29, 0.717) is 0 Å². The van der Waals surface area contributed by atoms with Crippen LogP contribution in [0.2, 0.25) is 0 Å². The minimum atomic E-state index is 0.773. The van der Waals surface area contributed by atoms with Crippen molar-refractivity contribution in [3.05, 3.63) is 0 Å². The molecule has 0 aromatic carbocycles. The Kier molecular flexibility index (Phi) is 5.30. The number of likely N-dealkylation sites (tertiary alicyclic amines) is 1. The van der Waals surface area contributed by atoms with Gasteiger partial charge in [0.1, 0.15) is 0 Å². The Morgan fingerprint density at radius 2 is 2.06 bits per heavy atom.